The van der Waals surface area contributed by atoms with Gasteiger partial charge in [0.15, 0.2) is 10.8 Å². The average molecular weight is 242 g/mol. The Balaban J connectivity index is 2.28. The summed E-state index contributed by atoms with van der Waals surface area (Å²) in [5, 5.41) is 14.5. The lowest BCUT2D eigenvalue weighted by molar-refractivity contribution is 0.0979. The van der Waals surface area contributed by atoms with Crippen molar-refractivity contribution in [3.63, 3.8) is 0 Å². The molecule has 5 heteroatoms. The Morgan fingerprint density at radius 2 is 2.38 bits per heavy atom. The molecule has 0 saturated heterocycles. The van der Waals surface area contributed by atoms with E-state index in [9.17, 15) is 4.79 Å². The molecule has 0 atom stereocenters. The molecule has 1 heterocycles. The van der Waals surface area contributed by atoms with E-state index >= 15 is 0 Å². The van der Waals surface area contributed by atoms with Crippen molar-refractivity contribution in [1.82, 2.24) is 10.3 Å². The Bertz CT molecular complexity index is 323. The Hall–Kier alpha value is -0.780. The average Bonchev–Trinajstić information content (AvgIpc) is 2.69. The number of carbonyl (C=O) groups excluding carboxylic acids is 1. The zero-order valence-electron chi connectivity index (χ0n) is 9.69. The summed E-state index contributed by atoms with van der Waals surface area (Å²) >= 11 is 1.37. The zero-order valence-corrected chi connectivity index (χ0v) is 10.5. The maximum Gasteiger partial charge on any atom is 0.192 e. The molecule has 16 heavy (non-hydrogen) atoms. The van der Waals surface area contributed by atoms with E-state index in [4.69, 9.17) is 5.11 Å². The number of hydrogen-bond acceptors (Lipinski definition) is 5. The summed E-state index contributed by atoms with van der Waals surface area (Å²) < 4.78 is 0. The third-order valence-corrected chi connectivity index (χ3v) is 3.18. The molecule has 90 valence electrons. The van der Waals surface area contributed by atoms with Crippen LogP contribution in [0, 0.1) is 0 Å². The molecule has 0 aromatic carbocycles. The van der Waals surface area contributed by atoms with Gasteiger partial charge in [-0.1, -0.05) is 0 Å². The smallest absolute Gasteiger partial charge is 0.192 e. The number of carbonyl (C=O) groups is 1. The number of aliphatic hydroxyl groups excluding tert-OH is 1. The maximum atomic E-state index is 11.6. The van der Waals surface area contributed by atoms with Crippen molar-refractivity contribution in [1.29, 1.82) is 0 Å². The molecule has 0 radical (unpaired) electrons. The van der Waals surface area contributed by atoms with Crippen molar-refractivity contribution in [3.8, 4) is 0 Å². The van der Waals surface area contributed by atoms with Crippen LogP contribution in [0.2, 0.25) is 0 Å². The molecule has 1 rings (SSSR count). The van der Waals surface area contributed by atoms with E-state index in [2.05, 4.69) is 10.3 Å². The van der Waals surface area contributed by atoms with E-state index in [0.717, 1.165) is 0 Å². The third kappa shape index (κ3) is 4.38. The van der Waals surface area contributed by atoms with Gasteiger partial charge in [0.1, 0.15) is 0 Å². The quantitative estimate of drug-likeness (QED) is 0.711. The molecule has 0 fully saturated rings. The van der Waals surface area contributed by atoms with Gasteiger partial charge in [-0.15, -0.1) is 11.3 Å². The summed E-state index contributed by atoms with van der Waals surface area (Å²) in [4.78, 5) is 15.6. The maximum absolute atomic E-state index is 11.6. The second-order valence-corrected chi connectivity index (χ2v) is 5.19. The minimum atomic E-state index is -0.127. The standard InChI is InChI=1S/C11H18N2O2S/c1-11(2,4-7-14)13-5-3-9(15)10-12-6-8-16-10/h6,8,13-14H,3-5,7H2,1-2H3. The Labute approximate surface area is 99.7 Å². The highest BCUT2D eigenvalue weighted by Gasteiger charge is 2.16. The summed E-state index contributed by atoms with van der Waals surface area (Å²) in [6, 6.07) is 0. The van der Waals surface area contributed by atoms with E-state index in [0.29, 0.717) is 24.4 Å². The number of Topliss-reactive ketones (excluding diaryl/α,β-unsaturated/α-hetero) is 1. The molecule has 1 aromatic heterocycles. The molecule has 0 bridgehead atoms. The first-order valence-corrected chi connectivity index (χ1v) is 6.22. The number of nitrogens with zero attached hydrogens (tertiary/aromatic N) is 1. The van der Waals surface area contributed by atoms with Crippen LogP contribution in [-0.2, 0) is 0 Å². The fraction of sp³-hybridized carbons (Fsp3) is 0.636. The largest absolute Gasteiger partial charge is 0.396 e. The SMILES string of the molecule is CC(C)(CCO)NCCC(=O)c1nccs1. The lowest BCUT2D eigenvalue weighted by Gasteiger charge is -2.25. The van der Waals surface area contributed by atoms with Gasteiger partial charge in [-0.25, -0.2) is 4.98 Å². The van der Waals surface area contributed by atoms with E-state index < -0.39 is 0 Å². The molecule has 2 N–H and O–H groups in total. The molecule has 0 spiro atoms. The number of aliphatic hydroxyl groups is 1. The Morgan fingerprint density at radius 3 is 2.94 bits per heavy atom. The van der Waals surface area contributed by atoms with Gasteiger partial charge < -0.3 is 10.4 Å². The van der Waals surface area contributed by atoms with Crippen LogP contribution in [-0.4, -0.2) is 34.6 Å². The molecule has 0 aliphatic rings. The summed E-state index contributed by atoms with van der Waals surface area (Å²) in [7, 11) is 0. The number of aromatic nitrogens is 1. The van der Waals surface area contributed by atoms with Gasteiger partial charge in [0.25, 0.3) is 0 Å². The van der Waals surface area contributed by atoms with Crippen molar-refractivity contribution in [3.05, 3.63) is 16.6 Å². The van der Waals surface area contributed by atoms with Crippen molar-refractivity contribution < 1.29 is 9.90 Å². The second kappa shape index (κ2) is 6.08. The zero-order chi connectivity index (χ0) is 12.0. The van der Waals surface area contributed by atoms with Crippen molar-refractivity contribution in [2.75, 3.05) is 13.2 Å². The monoisotopic (exact) mass is 242 g/mol. The van der Waals surface area contributed by atoms with Gasteiger partial charge in [0, 0.05) is 36.7 Å². The van der Waals surface area contributed by atoms with Crippen LogP contribution >= 0.6 is 11.3 Å². The molecule has 4 nitrogen and oxygen atoms in total. The molecule has 0 aliphatic heterocycles. The number of thiazole rings is 1. The minimum Gasteiger partial charge on any atom is -0.396 e. The Kier molecular flexibility index (Phi) is 5.05. The number of ketones is 1. The highest BCUT2D eigenvalue weighted by atomic mass is 32.1. The molecule has 0 aliphatic carbocycles. The van der Waals surface area contributed by atoms with Crippen LogP contribution in [0.3, 0.4) is 0 Å². The number of nitrogens with one attached hydrogen (secondary N) is 1. The highest BCUT2D eigenvalue weighted by molar-refractivity contribution is 7.11. The second-order valence-electron chi connectivity index (χ2n) is 4.29. The summed E-state index contributed by atoms with van der Waals surface area (Å²) in [5.41, 5.74) is -0.127. The van der Waals surface area contributed by atoms with Crippen LogP contribution in [0.4, 0.5) is 0 Å². The van der Waals surface area contributed by atoms with Gasteiger partial charge in [0.2, 0.25) is 0 Å². The molecular weight excluding hydrogens is 224 g/mol. The fourth-order valence-corrected chi connectivity index (χ4v) is 1.96. The van der Waals surface area contributed by atoms with Gasteiger partial charge in [-0.05, 0) is 20.3 Å². The summed E-state index contributed by atoms with van der Waals surface area (Å²) in [6.45, 7) is 4.79. The van der Waals surface area contributed by atoms with E-state index in [1.54, 1.807) is 11.6 Å². The predicted molar refractivity (Wildman–Crippen MR) is 64.8 cm³/mol. The van der Waals surface area contributed by atoms with Gasteiger partial charge in [-0.2, -0.15) is 0 Å². The Morgan fingerprint density at radius 1 is 1.62 bits per heavy atom. The van der Waals surface area contributed by atoms with Crippen LogP contribution in [0.25, 0.3) is 0 Å². The number of rotatable bonds is 7. The highest BCUT2D eigenvalue weighted by Crippen LogP contribution is 2.09. The van der Waals surface area contributed by atoms with Crippen LogP contribution in [0.15, 0.2) is 11.6 Å². The van der Waals surface area contributed by atoms with Crippen LogP contribution in [0.1, 0.15) is 36.5 Å². The van der Waals surface area contributed by atoms with E-state index in [1.165, 1.54) is 11.3 Å². The lowest BCUT2D eigenvalue weighted by Crippen LogP contribution is -2.41. The number of hydrogen-bond donors (Lipinski definition) is 2. The molecule has 1 aromatic rings. The molecule has 0 unspecified atom stereocenters. The van der Waals surface area contributed by atoms with Crippen LogP contribution < -0.4 is 5.32 Å². The first kappa shape index (κ1) is 13.3. The van der Waals surface area contributed by atoms with Gasteiger partial charge >= 0.3 is 0 Å². The molecule has 0 saturated carbocycles. The van der Waals surface area contributed by atoms with Crippen molar-refractivity contribution in [2.45, 2.75) is 32.2 Å². The van der Waals surface area contributed by atoms with Crippen LogP contribution in [0.5, 0.6) is 0 Å². The first-order valence-electron chi connectivity index (χ1n) is 5.34. The fourth-order valence-electron chi connectivity index (χ4n) is 1.35. The summed E-state index contributed by atoms with van der Waals surface area (Å²) in [6.07, 6.45) is 2.77. The summed E-state index contributed by atoms with van der Waals surface area (Å²) in [5.74, 6) is 0.0716. The van der Waals surface area contributed by atoms with Gasteiger partial charge in [0.05, 0.1) is 0 Å². The lowest BCUT2D eigenvalue weighted by atomic mass is 10.0. The molecule has 0 amide bonds. The van der Waals surface area contributed by atoms with E-state index in [1.807, 2.05) is 13.8 Å². The molecular formula is C11H18N2O2S. The predicted octanol–water partition coefficient (Wildman–Crippen LogP) is 1.47. The normalized spacial score (nSPS) is 11.7. The van der Waals surface area contributed by atoms with E-state index in [-0.39, 0.29) is 17.9 Å². The minimum absolute atomic E-state index is 0.0716. The first-order chi connectivity index (χ1) is 7.55. The van der Waals surface area contributed by atoms with Crippen molar-refractivity contribution >= 4 is 17.1 Å². The third-order valence-electron chi connectivity index (χ3n) is 2.36. The van der Waals surface area contributed by atoms with Crippen molar-refractivity contribution in [2.24, 2.45) is 0 Å². The topological polar surface area (TPSA) is 62.2 Å². The van der Waals surface area contributed by atoms with Gasteiger partial charge in [-0.3, -0.25) is 4.79 Å².